The van der Waals surface area contributed by atoms with Crippen LogP contribution in [-0.4, -0.2) is 9.36 Å². The van der Waals surface area contributed by atoms with Gasteiger partial charge in [-0.3, -0.25) is 9.48 Å². The number of benzene rings is 1. The fourth-order valence-electron chi connectivity index (χ4n) is 2.80. The Morgan fingerprint density at radius 2 is 1.86 bits per heavy atom. The third-order valence-corrected chi connectivity index (χ3v) is 3.87. The van der Waals surface area contributed by atoms with Crippen molar-refractivity contribution in [3.8, 4) is 0 Å². The summed E-state index contributed by atoms with van der Waals surface area (Å²) in [6.45, 7) is 9.72. The second-order valence-corrected chi connectivity index (χ2v) is 5.87. The van der Waals surface area contributed by atoms with Crippen molar-refractivity contribution in [1.82, 2.24) is 9.36 Å². The van der Waals surface area contributed by atoms with E-state index in [9.17, 15) is 4.79 Å². The van der Waals surface area contributed by atoms with Gasteiger partial charge < -0.3 is 5.73 Å². The molecule has 0 saturated carbocycles. The molecule has 0 bridgehead atoms. The molecule has 4 nitrogen and oxygen atoms in total. The van der Waals surface area contributed by atoms with Gasteiger partial charge in [-0.15, -0.1) is 0 Å². The Kier molecular flexibility index (Phi) is 4.56. The van der Waals surface area contributed by atoms with Gasteiger partial charge in [-0.25, -0.2) is 4.68 Å². The average molecular weight is 287 g/mol. The summed E-state index contributed by atoms with van der Waals surface area (Å²) >= 11 is 0. The fourth-order valence-corrected chi connectivity index (χ4v) is 2.80. The Morgan fingerprint density at radius 1 is 1.19 bits per heavy atom. The van der Waals surface area contributed by atoms with Gasteiger partial charge in [0.25, 0.3) is 5.56 Å². The highest BCUT2D eigenvalue weighted by molar-refractivity contribution is 5.43. The first kappa shape index (κ1) is 15.4. The highest BCUT2D eigenvalue weighted by atomic mass is 16.1. The Labute approximate surface area is 126 Å². The maximum atomic E-state index is 12.5. The second-order valence-electron chi connectivity index (χ2n) is 5.87. The molecule has 0 aliphatic carbocycles. The lowest BCUT2D eigenvalue weighted by Crippen LogP contribution is -2.25. The zero-order valence-corrected chi connectivity index (χ0v) is 13.4. The maximum absolute atomic E-state index is 12.5. The third kappa shape index (κ3) is 2.89. The summed E-state index contributed by atoms with van der Waals surface area (Å²) in [7, 11) is 0. The van der Waals surface area contributed by atoms with Crippen LogP contribution in [0.2, 0.25) is 0 Å². The number of hydrogen-bond acceptors (Lipinski definition) is 2. The number of nitrogen functional groups attached to an aromatic ring is 1. The minimum absolute atomic E-state index is 0.0737. The van der Waals surface area contributed by atoms with Crippen LogP contribution in [-0.2, 0) is 13.1 Å². The van der Waals surface area contributed by atoms with Crippen molar-refractivity contribution in [2.24, 2.45) is 0 Å². The summed E-state index contributed by atoms with van der Waals surface area (Å²) in [5.41, 5.74) is 9.70. The highest BCUT2D eigenvalue weighted by Gasteiger charge is 2.19. The van der Waals surface area contributed by atoms with Gasteiger partial charge in [0.1, 0.15) is 5.69 Å². The van der Waals surface area contributed by atoms with Crippen molar-refractivity contribution in [2.45, 2.75) is 53.1 Å². The summed E-state index contributed by atoms with van der Waals surface area (Å²) in [6.07, 6.45) is 0.973. The Hall–Kier alpha value is -1.97. The van der Waals surface area contributed by atoms with Crippen molar-refractivity contribution in [3.05, 3.63) is 51.4 Å². The highest BCUT2D eigenvalue weighted by Crippen LogP contribution is 2.21. The van der Waals surface area contributed by atoms with Crippen LogP contribution in [0.1, 0.15) is 49.9 Å². The molecular weight excluding hydrogens is 262 g/mol. The van der Waals surface area contributed by atoms with Gasteiger partial charge in [0, 0.05) is 6.54 Å². The number of nitrogens with two attached hydrogens (primary N) is 1. The molecule has 0 unspecified atom stereocenters. The molecule has 0 amide bonds. The van der Waals surface area contributed by atoms with Crippen LogP contribution in [0, 0.1) is 6.92 Å². The molecule has 114 valence electrons. The van der Waals surface area contributed by atoms with E-state index in [-0.39, 0.29) is 11.5 Å². The van der Waals surface area contributed by atoms with E-state index in [4.69, 9.17) is 5.73 Å². The summed E-state index contributed by atoms with van der Waals surface area (Å²) in [4.78, 5) is 12.5. The molecule has 1 aromatic heterocycles. The van der Waals surface area contributed by atoms with Crippen LogP contribution in [0.25, 0.3) is 0 Å². The first-order valence-electron chi connectivity index (χ1n) is 7.60. The van der Waals surface area contributed by atoms with E-state index in [2.05, 4.69) is 44.5 Å². The quantitative estimate of drug-likeness (QED) is 0.918. The van der Waals surface area contributed by atoms with Crippen molar-refractivity contribution in [2.75, 3.05) is 5.73 Å². The van der Waals surface area contributed by atoms with Crippen LogP contribution in [0.5, 0.6) is 0 Å². The van der Waals surface area contributed by atoms with Gasteiger partial charge in [-0.1, -0.05) is 45.0 Å². The zero-order valence-electron chi connectivity index (χ0n) is 13.4. The van der Waals surface area contributed by atoms with E-state index in [0.717, 1.165) is 24.2 Å². The largest absolute Gasteiger partial charge is 0.393 e. The number of aryl methyl sites for hydroxylation is 1. The maximum Gasteiger partial charge on any atom is 0.290 e. The number of nitrogens with zero attached hydrogens (tertiary/aromatic N) is 2. The standard InChI is InChI=1S/C17H25N3O/c1-5-10-19-16(12(2)3)15(18)17(21)20(19)11-14-9-7-6-8-13(14)4/h6-9,12H,5,10-11,18H2,1-4H3. The Bertz CT molecular complexity index is 680. The van der Waals surface area contributed by atoms with Gasteiger partial charge in [-0.2, -0.15) is 0 Å². The predicted molar refractivity (Wildman–Crippen MR) is 87.8 cm³/mol. The zero-order chi connectivity index (χ0) is 15.6. The Morgan fingerprint density at radius 3 is 2.43 bits per heavy atom. The van der Waals surface area contributed by atoms with Crippen molar-refractivity contribution < 1.29 is 0 Å². The molecule has 0 atom stereocenters. The molecule has 1 heterocycles. The smallest absolute Gasteiger partial charge is 0.290 e. The summed E-state index contributed by atoms with van der Waals surface area (Å²) < 4.78 is 3.85. The first-order chi connectivity index (χ1) is 9.97. The van der Waals surface area contributed by atoms with E-state index in [1.165, 1.54) is 5.56 Å². The van der Waals surface area contributed by atoms with E-state index in [1.807, 2.05) is 12.1 Å². The second kappa shape index (κ2) is 6.20. The topological polar surface area (TPSA) is 52.9 Å². The number of hydrogen-bond donors (Lipinski definition) is 1. The van der Waals surface area contributed by atoms with Crippen LogP contribution in [0.15, 0.2) is 29.1 Å². The van der Waals surface area contributed by atoms with Gasteiger partial charge in [0.2, 0.25) is 0 Å². The molecule has 0 spiro atoms. The van der Waals surface area contributed by atoms with Crippen LogP contribution < -0.4 is 11.3 Å². The van der Waals surface area contributed by atoms with Gasteiger partial charge >= 0.3 is 0 Å². The van der Waals surface area contributed by atoms with Crippen molar-refractivity contribution >= 4 is 5.69 Å². The minimum Gasteiger partial charge on any atom is -0.393 e. The number of aromatic nitrogens is 2. The number of anilines is 1. The molecule has 2 aromatic rings. The average Bonchev–Trinajstić information content (AvgIpc) is 2.66. The van der Waals surface area contributed by atoms with Gasteiger partial charge in [0.05, 0.1) is 12.2 Å². The van der Waals surface area contributed by atoms with E-state index in [0.29, 0.717) is 12.2 Å². The summed E-state index contributed by atoms with van der Waals surface area (Å²) in [5.74, 6) is 0.238. The fraction of sp³-hybridized carbons (Fsp3) is 0.471. The molecule has 21 heavy (non-hydrogen) atoms. The molecule has 2 N–H and O–H groups in total. The molecule has 0 saturated heterocycles. The minimum atomic E-state index is -0.0737. The van der Waals surface area contributed by atoms with Crippen LogP contribution >= 0.6 is 0 Å². The lowest BCUT2D eigenvalue weighted by atomic mass is 10.1. The number of rotatable bonds is 5. The molecule has 0 fully saturated rings. The SMILES string of the molecule is CCCn1c(C(C)C)c(N)c(=O)n1Cc1ccccc1C. The summed E-state index contributed by atoms with van der Waals surface area (Å²) in [6, 6.07) is 8.16. The Balaban J connectivity index is 2.55. The van der Waals surface area contributed by atoms with E-state index >= 15 is 0 Å². The third-order valence-electron chi connectivity index (χ3n) is 3.87. The van der Waals surface area contributed by atoms with Crippen molar-refractivity contribution in [1.29, 1.82) is 0 Å². The van der Waals surface area contributed by atoms with Crippen molar-refractivity contribution in [3.63, 3.8) is 0 Å². The molecule has 0 aliphatic heterocycles. The van der Waals surface area contributed by atoms with Crippen LogP contribution in [0.4, 0.5) is 5.69 Å². The molecule has 4 heteroatoms. The molecule has 0 radical (unpaired) electrons. The molecule has 2 rings (SSSR count). The lowest BCUT2D eigenvalue weighted by molar-refractivity contribution is 0.443. The monoisotopic (exact) mass is 287 g/mol. The van der Waals surface area contributed by atoms with Gasteiger partial charge in [0.15, 0.2) is 0 Å². The molecule has 0 aliphatic rings. The lowest BCUT2D eigenvalue weighted by Gasteiger charge is -2.17. The normalized spacial score (nSPS) is 11.3. The first-order valence-corrected chi connectivity index (χ1v) is 7.60. The van der Waals surface area contributed by atoms with Gasteiger partial charge in [-0.05, 0) is 30.4 Å². The molecule has 1 aromatic carbocycles. The van der Waals surface area contributed by atoms with E-state index in [1.54, 1.807) is 4.68 Å². The molecular formula is C17H25N3O. The summed E-state index contributed by atoms with van der Waals surface area (Å²) in [5, 5.41) is 0. The van der Waals surface area contributed by atoms with E-state index < -0.39 is 0 Å². The predicted octanol–water partition coefficient (Wildman–Crippen LogP) is 3.12. The van der Waals surface area contributed by atoms with Crippen LogP contribution in [0.3, 0.4) is 0 Å².